The standard InChI is InChI=1S/C18H10O8/c19-15(20)8-2-1-7-3-9-4-10(16(21)22)6-12(17(23)24)13(9)14(18(25)26)11(7)5-8/h1-6H,(H,19,20)(H,21,22)(H,23,24)(H,25,26). The van der Waals surface area contributed by atoms with Gasteiger partial charge in [0.2, 0.25) is 0 Å². The molecule has 0 heterocycles. The van der Waals surface area contributed by atoms with Crippen molar-refractivity contribution in [2.75, 3.05) is 0 Å². The maximum absolute atomic E-state index is 11.8. The quantitative estimate of drug-likeness (QED) is 0.522. The zero-order chi connectivity index (χ0) is 19.2. The predicted octanol–water partition coefficient (Wildman–Crippen LogP) is 2.79. The van der Waals surface area contributed by atoms with Gasteiger partial charge in [-0.15, -0.1) is 0 Å². The fourth-order valence-electron chi connectivity index (χ4n) is 2.91. The van der Waals surface area contributed by atoms with Crippen molar-refractivity contribution in [3.8, 4) is 0 Å². The molecule has 0 aliphatic carbocycles. The number of aromatic carboxylic acids is 4. The van der Waals surface area contributed by atoms with Crippen LogP contribution in [0.3, 0.4) is 0 Å². The topological polar surface area (TPSA) is 149 Å². The van der Waals surface area contributed by atoms with E-state index in [1.165, 1.54) is 24.3 Å². The summed E-state index contributed by atoms with van der Waals surface area (Å²) in [5.41, 5.74) is -1.33. The number of rotatable bonds is 4. The lowest BCUT2D eigenvalue weighted by molar-refractivity contribution is 0.0682. The highest BCUT2D eigenvalue weighted by molar-refractivity contribution is 6.22. The molecule has 0 bridgehead atoms. The van der Waals surface area contributed by atoms with E-state index in [1.807, 2.05) is 0 Å². The van der Waals surface area contributed by atoms with Crippen LogP contribution >= 0.6 is 0 Å². The van der Waals surface area contributed by atoms with E-state index in [2.05, 4.69) is 0 Å². The third-order valence-electron chi connectivity index (χ3n) is 3.99. The van der Waals surface area contributed by atoms with Crippen LogP contribution in [0.1, 0.15) is 41.4 Å². The van der Waals surface area contributed by atoms with E-state index in [4.69, 9.17) is 10.2 Å². The fraction of sp³-hybridized carbons (Fsp3) is 0. The van der Waals surface area contributed by atoms with Crippen molar-refractivity contribution in [1.29, 1.82) is 0 Å². The minimum atomic E-state index is -1.49. The molecule has 0 aliphatic heterocycles. The highest BCUT2D eigenvalue weighted by Gasteiger charge is 2.22. The molecule has 3 rings (SSSR count). The van der Waals surface area contributed by atoms with Crippen molar-refractivity contribution < 1.29 is 39.6 Å². The monoisotopic (exact) mass is 354 g/mol. The molecule has 0 aliphatic rings. The van der Waals surface area contributed by atoms with Crippen LogP contribution in [0.4, 0.5) is 0 Å². The Morgan fingerprint density at radius 3 is 1.81 bits per heavy atom. The zero-order valence-corrected chi connectivity index (χ0v) is 12.9. The summed E-state index contributed by atoms with van der Waals surface area (Å²) in [7, 11) is 0. The summed E-state index contributed by atoms with van der Waals surface area (Å²) >= 11 is 0. The molecule has 0 spiro atoms. The van der Waals surface area contributed by atoms with Crippen molar-refractivity contribution in [3.63, 3.8) is 0 Å². The number of hydrogen-bond acceptors (Lipinski definition) is 4. The fourth-order valence-corrected chi connectivity index (χ4v) is 2.91. The minimum Gasteiger partial charge on any atom is -0.478 e. The van der Waals surface area contributed by atoms with E-state index in [0.717, 1.165) is 12.1 Å². The summed E-state index contributed by atoms with van der Waals surface area (Å²) < 4.78 is 0. The van der Waals surface area contributed by atoms with Crippen LogP contribution in [0.2, 0.25) is 0 Å². The number of hydrogen-bond donors (Lipinski definition) is 4. The van der Waals surface area contributed by atoms with Crippen LogP contribution in [0.25, 0.3) is 21.5 Å². The second kappa shape index (κ2) is 5.85. The van der Waals surface area contributed by atoms with E-state index in [-0.39, 0.29) is 27.3 Å². The lowest BCUT2D eigenvalue weighted by Gasteiger charge is -2.12. The Hall–Kier alpha value is -3.94. The average molecular weight is 354 g/mol. The predicted molar refractivity (Wildman–Crippen MR) is 89.3 cm³/mol. The second-order valence-corrected chi connectivity index (χ2v) is 5.53. The molecule has 0 radical (unpaired) electrons. The maximum atomic E-state index is 11.8. The van der Waals surface area contributed by atoms with Gasteiger partial charge in [-0.3, -0.25) is 0 Å². The van der Waals surface area contributed by atoms with Gasteiger partial charge in [-0.1, -0.05) is 6.07 Å². The SMILES string of the molecule is O=C(O)c1cc(C(=O)O)c2c(C(=O)O)c3cc(C(=O)O)ccc3cc2c1. The van der Waals surface area contributed by atoms with Crippen LogP contribution in [-0.2, 0) is 0 Å². The molecule has 0 unspecified atom stereocenters. The second-order valence-electron chi connectivity index (χ2n) is 5.53. The Kier molecular flexibility index (Phi) is 3.80. The van der Waals surface area contributed by atoms with Crippen LogP contribution in [0, 0.1) is 0 Å². The van der Waals surface area contributed by atoms with Gasteiger partial charge < -0.3 is 20.4 Å². The van der Waals surface area contributed by atoms with Gasteiger partial charge in [0.05, 0.1) is 22.3 Å². The summed E-state index contributed by atoms with van der Waals surface area (Å²) in [4.78, 5) is 45.9. The largest absolute Gasteiger partial charge is 0.478 e. The Labute approximate surface area is 144 Å². The van der Waals surface area contributed by atoms with E-state index >= 15 is 0 Å². The molecule has 0 saturated carbocycles. The lowest BCUT2D eigenvalue weighted by Crippen LogP contribution is -2.08. The van der Waals surface area contributed by atoms with Crippen molar-refractivity contribution in [2.24, 2.45) is 0 Å². The summed E-state index contributed by atoms with van der Waals surface area (Å²) in [6, 6.07) is 7.31. The first kappa shape index (κ1) is 16.9. The molecular formula is C18H10O8. The van der Waals surface area contributed by atoms with Gasteiger partial charge in [0.25, 0.3) is 0 Å². The van der Waals surface area contributed by atoms with Crippen LogP contribution in [0.5, 0.6) is 0 Å². The van der Waals surface area contributed by atoms with E-state index in [9.17, 15) is 29.4 Å². The zero-order valence-electron chi connectivity index (χ0n) is 12.9. The molecule has 3 aromatic rings. The normalized spacial score (nSPS) is 10.8. The first-order chi connectivity index (χ1) is 12.2. The first-order valence-corrected chi connectivity index (χ1v) is 7.18. The van der Waals surface area contributed by atoms with Crippen molar-refractivity contribution >= 4 is 45.4 Å². The van der Waals surface area contributed by atoms with Gasteiger partial charge in [0.15, 0.2) is 0 Å². The van der Waals surface area contributed by atoms with Crippen LogP contribution < -0.4 is 0 Å². The van der Waals surface area contributed by atoms with Gasteiger partial charge in [-0.25, -0.2) is 19.2 Å². The summed E-state index contributed by atoms with van der Waals surface area (Å²) in [6.07, 6.45) is 0. The van der Waals surface area contributed by atoms with Gasteiger partial charge in [0, 0.05) is 5.39 Å². The third kappa shape index (κ3) is 2.59. The molecule has 8 nitrogen and oxygen atoms in total. The summed E-state index contributed by atoms with van der Waals surface area (Å²) in [5, 5.41) is 37.7. The molecule has 0 fully saturated rings. The number of carboxylic acids is 4. The Balaban J connectivity index is 2.60. The number of benzene rings is 3. The van der Waals surface area contributed by atoms with Gasteiger partial charge in [-0.05, 0) is 46.5 Å². The van der Waals surface area contributed by atoms with Gasteiger partial charge in [0.1, 0.15) is 0 Å². The van der Waals surface area contributed by atoms with Crippen molar-refractivity contribution in [1.82, 2.24) is 0 Å². The van der Waals surface area contributed by atoms with Gasteiger partial charge in [-0.2, -0.15) is 0 Å². The number of carbonyl (C=O) groups is 4. The van der Waals surface area contributed by atoms with Gasteiger partial charge >= 0.3 is 23.9 Å². The summed E-state index contributed by atoms with van der Waals surface area (Å²) in [6.45, 7) is 0. The molecule has 0 saturated heterocycles. The molecule has 130 valence electrons. The lowest BCUT2D eigenvalue weighted by atomic mass is 9.91. The highest BCUT2D eigenvalue weighted by Crippen LogP contribution is 2.33. The van der Waals surface area contributed by atoms with E-state index in [0.29, 0.717) is 5.39 Å². The number of fused-ring (bicyclic) bond motifs is 2. The van der Waals surface area contributed by atoms with Crippen molar-refractivity contribution in [2.45, 2.75) is 0 Å². The van der Waals surface area contributed by atoms with Crippen LogP contribution in [0.15, 0.2) is 36.4 Å². The molecule has 3 aromatic carbocycles. The van der Waals surface area contributed by atoms with Crippen LogP contribution in [-0.4, -0.2) is 44.3 Å². The molecule has 26 heavy (non-hydrogen) atoms. The number of carboxylic acid groups (broad SMARTS) is 4. The molecular weight excluding hydrogens is 344 g/mol. The minimum absolute atomic E-state index is 0.0514. The Morgan fingerprint density at radius 2 is 1.27 bits per heavy atom. The van der Waals surface area contributed by atoms with Crippen molar-refractivity contribution in [3.05, 3.63) is 58.7 Å². The Morgan fingerprint density at radius 1 is 0.615 bits per heavy atom. The highest BCUT2D eigenvalue weighted by atomic mass is 16.4. The molecule has 0 atom stereocenters. The molecule has 0 amide bonds. The molecule has 0 aromatic heterocycles. The smallest absolute Gasteiger partial charge is 0.336 e. The third-order valence-corrected chi connectivity index (χ3v) is 3.99. The molecule has 8 heteroatoms. The first-order valence-electron chi connectivity index (χ1n) is 7.18. The summed E-state index contributed by atoms with van der Waals surface area (Å²) in [5.74, 6) is -5.56. The average Bonchev–Trinajstić information content (AvgIpc) is 2.57. The van der Waals surface area contributed by atoms with E-state index < -0.39 is 35.0 Å². The van der Waals surface area contributed by atoms with E-state index in [1.54, 1.807) is 0 Å². The Bertz CT molecular complexity index is 1140. The maximum Gasteiger partial charge on any atom is 0.336 e. The molecule has 4 N–H and O–H groups in total.